The third-order valence-electron chi connectivity index (χ3n) is 2.61. The summed E-state index contributed by atoms with van der Waals surface area (Å²) in [5.74, 6) is 1.02. The number of hydrogen-bond acceptors (Lipinski definition) is 6. The normalized spacial score (nSPS) is 10.9. The lowest BCUT2D eigenvalue weighted by Gasteiger charge is -2.01. The van der Waals surface area contributed by atoms with Crippen molar-refractivity contribution in [2.75, 3.05) is 32.7 Å². The van der Waals surface area contributed by atoms with Crippen LogP contribution in [0.4, 0.5) is 5.69 Å². The van der Waals surface area contributed by atoms with Crippen molar-refractivity contribution >= 4 is 21.6 Å². The van der Waals surface area contributed by atoms with Crippen LogP contribution in [-0.4, -0.2) is 37.1 Å². The van der Waals surface area contributed by atoms with E-state index < -0.39 is 0 Å². The molecular weight excluding hydrogens is 326 g/mol. The van der Waals surface area contributed by atoms with Crippen LogP contribution in [0.15, 0.2) is 27.2 Å². The molecule has 1 heterocycles. The van der Waals surface area contributed by atoms with Gasteiger partial charge in [-0.05, 0) is 18.2 Å². The number of methoxy groups -OCH3 is 1. The highest BCUT2D eigenvalue weighted by Crippen LogP contribution is 2.27. The van der Waals surface area contributed by atoms with Crippen molar-refractivity contribution in [1.29, 1.82) is 0 Å². The minimum Gasteiger partial charge on any atom is -0.398 e. The third kappa shape index (κ3) is 4.03. The van der Waals surface area contributed by atoms with Gasteiger partial charge in [0, 0.05) is 23.7 Å². The first-order chi connectivity index (χ1) is 9.70. The highest BCUT2D eigenvalue weighted by molar-refractivity contribution is 9.10. The highest BCUT2D eigenvalue weighted by Gasteiger charge is 2.11. The fourth-order valence-corrected chi connectivity index (χ4v) is 1.98. The third-order valence-corrected chi connectivity index (χ3v) is 3.11. The minimum absolute atomic E-state index is 0.418. The Hall–Kier alpha value is -1.44. The van der Waals surface area contributed by atoms with Gasteiger partial charge in [-0.3, -0.25) is 0 Å². The molecule has 0 aliphatic heterocycles. The lowest BCUT2D eigenvalue weighted by atomic mass is 10.2. The van der Waals surface area contributed by atoms with Gasteiger partial charge in [-0.15, -0.1) is 0 Å². The fourth-order valence-electron chi connectivity index (χ4n) is 1.60. The number of ether oxygens (including phenoxy) is 2. The van der Waals surface area contributed by atoms with Crippen LogP contribution in [0.2, 0.25) is 0 Å². The van der Waals surface area contributed by atoms with Gasteiger partial charge in [0.25, 0.3) is 5.89 Å². The Morgan fingerprint density at radius 3 is 2.90 bits per heavy atom. The smallest absolute Gasteiger partial charge is 0.260 e. The maximum absolute atomic E-state index is 5.92. The summed E-state index contributed by atoms with van der Waals surface area (Å²) in [5, 5.41) is 3.91. The summed E-state index contributed by atoms with van der Waals surface area (Å²) in [6.45, 7) is 1.66. The van der Waals surface area contributed by atoms with Crippen LogP contribution in [0.25, 0.3) is 11.5 Å². The molecule has 7 heteroatoms. The van der Waals surface area contributed by atoms with Gasteiger partial charge < -0.3 is 19.7 Å². The van der Waals surface area contributed by atoms with E-state index in [0.717, 1.165) is 10.0 Å². The lowest BCUT2D eigenvalue weighted by molar-refractivity contribution is 0.0714. The number of nitrogens with two attached hydrogens (primary N) is 1. The van der Waals surface area contributed by atoms with Crippen LogP contribution >= 0.6 is 15.9 Å². The van der Waals surface area contributed by atoms with Crippen molar-refractivity contribution in [3.05, 3.63) is 28.5 Å². The van der Waals surface area contributed by atoms with E-state index in [2.05, 4.69) is 26.1 Å². The van der Waals surface area contributed by atoms with E-state index in [-0.39, 0.29) is 0 Å². The molecule has 0 atom stereocenters. The zero-order valence-electron chi connectivity index (χ0n) is 11.1. The topological polar surface area (TPSA) is 83.4 Å². The number of nitrogen functional groups attached to an aromatic ring is 1. The Balaban J connectivity index is 1.95. The van der Waals surface area contributed by atoms with Crippen LogP contribution in [0, 0.1) is 0 Å². The van der Waals surface area contributed by atoms with Crippen LogP contribution in [0.3, 0.4) is 0 Å². The van der Waals surface area contributed by atoms with E-state index in [0.29, 0.717) is 43.6 Å². The van der Waals surface area contributed by atoms with Crippen LogP contribution < -0.4 is 5.73 Å². The molecule has 2 N–H and O–H groups in total. The first kappa shape index (κ1) is 15.0. The molecule has 108 valence electrons. The molecule has 0 saturated heterocycles. The van der Waals surface area contributed by atoms with Crippen LogP contribution in [0.1, 0.15) is 5.82 Å². The second kappa shape index (κ2) is 7.37. The Bertz CT molecular complexity index is 560. The number of benzene rings is 1. The Kier molecular flexibility index (Phi) is 5.51. The quantitative estimate of drug-likeness (QED) is 0.614. The molecule has 2 aromatic rings. The van der Waals surface area contributed by atoms with E-state index in [1.165, 1.54) is 0 Å². The van der Waals surface area contributed by atoms with Gasteiger partial charge in [0.15, 0.2) is 5.82 Å². The Labute approximate surface area is 125 Å². The van der Waals surface area contributed by atoms with Gasteiger partial charge in [0.2, 0.25) is 0 Å². The highest BCUT2D eigenvalue weighted by atomic mass is 79.9. The SMILES string of the molecule is COCCOCCc1noc(-c2ccc(Br)cc2N)n1. The van der Waals surface area contributed by atoms with Crippen molar-refractivity contribution in [3.63, 3.8) is 0 Å². The largest absolute Gasteiger partial charge is 0.398 e. The van der Waals surface area contributed by atoms with Gasteiger partial charge in [-0.2, -0.15) is 4.98 Å². The molecule has 0 bridgehead atoms. The average molecular weight is 342 g/mol. The van der Waals surface area contributed by atoms with E-state index in [4.69, 9.17) is 19.7 Å². The average Bonchev–Trinajstić information content (AvgIpc) is 2.87. The lowest BCUT2D eigenvalue weighted by Crippen LogP contribution is -2.05. The molecular formula is C13H16BrN3O3. The van der Waals surface area contributed by atoms with E-state index in [1.54, 1.807) is 13.2 Å². The number of aromatic nitrogens is 2. The number of nitrogens with zero attached hydrogens (tertiary/aromatic N) is 2. The standard InChI is InChI=1S/C13H16BrN3O3/c1-18-6-7-19-5-4-12-16-13(20-17-12)10-3-2-9(14)8-11(10)15/h2-3,8H,4-7,15H2,1H3. The van der Waals surface area contributed by atoms with Gasteiger partial charge in [-0.1, -0.05) is 21.1 Å². The summed E-state index contributed by atoms with van der Waals surface area (Å²) in [4.78, 5) is 4.30. The number of halogens is 1. The molecule has 0 saturated carbocycles. The molecule has 2 rings (SSSR count). The second-order valence-electron chi connectivity index (χ2n) is 4.10. The monoisotopic (exact) mass is 341 g/mol. The van der Waals surface area contributed by atoms with E-state index >= 15 is 0 Å². The predicted molar refractivity (Wildman–Crippen MR) is 78.2 cm³/mol. The molecule has 6 nitrogen and oxygen atoms in total. The summed E-state index contributed by atoms with van der Waals surface area (Å²) in [6, 6.07) is 5.52. The molecule has 1 aromatic heterocycles. The molecule has 0 amide bonds. The van der Waals surface area contributed by atoms with Crippen LogP contribution in [0.5, 0.6) is 0 Å². The summed E-state index contributed by atoms with van der Waals surface area (Å²) < 4.78 is 16.4. The maximum Gasteiger partial charge on any atom is 0.260 e. The first-order valence-electron chi connectivity index (χ1n) is 6.15. The van der Waals surface area contributed by atoms with E-state index in [1.807, 2.05) is 12.1 Å². The van der Waals surface area contributed by atoms with Crippen molar-refractivity contribution < 1.29 is 14.0 Å². The van der Waals surface area contributed by atoms with E-state index in [9.17, 15) is 0 Å². The maximum atomic E-state index is 5.92. The van der Waals surface area contributed by atoms with Crippen molar-refractivity contribution in [2.24, 2.45) is 0 Å². The zero-order valence-corrected chi connectivity index (χ0v) is 12.7. The molecule has 20 heavy (non-hydrogen) atoms. The number of rotatable bonds is 7. The summed E-state index contributed by atoms with van der Waals surface area (Å²) in [5.41, 5.74) is 7.24. The zero-order chi connectivity index (χ0) is 14.4. The van der Waals surface area contributed by atoms with Crippen molar-refractivity contribution in [3.8, 4) is 11.5 Å². The number of anilines is 1. The summed E-state index contributed by atoms with van der Waals surface area (Å²) >= 11 is 3.36. The molecule has 1 aromatic carbocycles. The van der Waals surface area contributed by atoms with Gasteiger partial charge >= 0.3 is 0 Å². The minimum atomic E-state index is 0.418. The summed E-state index contributed by atoms with van der Waals surface area (Å²) in [7, 11) is 1.64. The second-order valence-corrected chi connectivity index (χ2v) is 5.02. The van der Waals surface area contributed by atoms with Gasteiger partial charge in [0.05, 0.1) is 25.4 Å². The molecule has 0 aliphatic rings. The molecule has 0 fully saturated rings. The molecule has 0 spiro atoms. The fraction of sp³-hybridized carbons (Fsp3) is 0.385. The first-order valence-corrected chi connectivity index (χ1v) is 6.94. The van der Waals surface area contributed by atoms with Gasteiger partial charge in [-0.25, -0.2) is 0 Å². The van der Waals surface area contributed by atoms with Crippen molar-refractivity contribution in [2.45, 2.75) is 6.42 Å². The Morgan fingerprint density at radius 2 is 2.15 bits per heavy atom. The molecule has 0 unspecified atom stereocenters. The van der Waals surface area contributed by atoms with Crippen LogP contribution in [-0.2, 0) is 15.9 Å². The number of hydrogen-bond donors (Lipinski definition) is 1. The summed E-state index contributed by atoms with van der Waals surface area (Å²) in [6.07, 6.45) is 0.587. The Morgan fingerprint density at radius 1 is 1.30 bits per heavy atom. The molecule has 0 radical (unpaired) electrons. The molecule has 0 aliphatic carbocycles. The predicted octanol–water partition coefficient (Wildman–Crippen LogP) is 2.29. The van der Waals surface area contributed by atoms with Gasteiger partial charge in [0.1, 0.15) is 0 Å². The van der Waals surface area contributed by atoms with Crippen molar-refractivity contribution in [1.82, 2.24) is 10.1 Å².